The van der Waals surface area contributed by atoms with E-state index in [1.807, 2.05) is 0 Å². The van der Waals surface area contributed by atoms with E-state index >= 15 is 0 Å². The third kappa shape index (κ3) is 1.54. The number of rotatable bonds is 4. The van der Waals surface area contributed by atoms with Crippen molar-refractivity contribution >= 4 is 21.9 Å². The Morgan fingerprint density at radius 3 is 2.00 bits per heavy atom. The van der Waals surface area contributed by atoms with Gasteiger partial charge >= 0.3 is 5.97 Å². The summed E-state index contributed by atoms with van der Waals surface area (Å²) >= 11 is 3.58. The summed E-state index contributed by atoms with van der Waals surface area (Å²) in [4.78, 5) is 12.0. The van der Waals surface area contributed by atoms with Crippen LogP contribution in [0.3, 0.4) is 0 Å². The van der Waals surface area contributed by atoms with Gasteiger partial charge < -0.3 is 4.74 Å². The standard InChI is InChI=1S/C12H21BrO2/c1-6-7-8-15-9(14)12(13)10(2,3)11(12,4)5/h6-8H2,1-5H3. The van der Waals surface area contributed by atoms with Crippen LogP contribution < -0.4 is 0 Å². The van der Waals surface area contributed by atoms with Crippen molar-refractivity contribution in [3.8, 4) is 0 Å². The zero-order valence-corrected chi connectivity index (χ0v) is 11.9. The lowest BCUT2D eigenvalue weighted by Gasteiger charge is -2.12. The van der Waals surface area contributed by atoms with Gasteiger partial charge in [0.1, 0.15) is 4.32 Å². The first-order valence-corrected chi connectivity index (χ1v) is 6.39. The molecule has 0 radical (unpaired) electrons. The second kappa shape index (κ2) is 3.76. The summed E-state index contributed by atoms with van der Waals surface area (Å²) in [6.07, 6.45) is 1.99. The van der Waals surface area contributed by atoms with E-state index in [1.165, 1.54) is 0 Å². The molecule has 1 aliphatic carbocycles. The van der Waals surface area contributed by atoms with Crippen LogP contribution >= 0.6 is 15.9 Å². The smallest absolute Gasteiger partial charge is 0.324 e. The highest BCUT2D eigenvalue weighted by Crippen LogP contribution is 2.76. The van der Waals surface area contributed by atoms with Crippen molar-refractivity contribution < 1.29 is 9.53 Å². The summed E-state index contributed by atoms with van der Waals surface area (Å²) in [5.41, 5.74) is -0.0768. The second-order valence-corrected chi connectivity index (χ2v) is 6.59. The molecule has 0 atom stereocenters. The lowest BCUT2D eigenvalue weighted by molar-refractivity contribution is -0.144. The Bertz CT molecular complexity index is 255. The van der Waals surface area contributed by atoms with E-state index in [-0.39, 0.29) is 16.8 Å². The Hall–Kier alpha value is -0.0500. The van der Waals surface area contributed by atoms with E-state index < -0.39 is 4.32 Å². The summed E-state index contributed by atoms with van der Waals surface area (Å²) in [6.45, 7) is 11.0. The monoisotopic (exact) mass is 276 g/mol. The Morgan fingerprint density at radius 1 is 1.20 bits per heavy atom. The van der Waals surface area contributed by atoms with Crippen molar-refractivity contribution in [2.24, 2.45) is 10.8 Å². The molecule has 1 fully saturated rings. The molecule has 0 unspecified atom stereocenters. The van der Waals surface area contributed by atoms with Gasteiger partial charge in [0.15, 0.2) is 0 Å². The molecule has 15 heavy (non-hydrogen) atoms. The van der Waals surface area contributed by atoms with Crippen LogP contribution in [0.5, 0.6) is 0 Å². The molecule has 0 aromatic heterocycles. The van der Waals surface area contributed by atoms with Crippen LogP contribution in [-0.2, 0) is 9.53 Å². The number of halogens is 1. The molecule has 0 bridgehead atoms. The van der Waals surface area contributed by atoms with E-state index in [0.29, 0.717) is 6.61 Å². The molecule has 88 valence electrons. The summed E-state index contributed by atoms with van der Waals surface area (Å²) in [6, 6.07) is 0. The largest absolute Gasteiger partial charge is 0.465 e. The topological polar surface area (TPSA) is 26.3 Å². The van der Waals surface area contributed by atoms with Crippen molar-refractivity contribution in [3.05, 3.63) is 0 Å². The Morgan fingerprint density at radius 2 is 1.67 bits per heavy atom. The fraction of sp³-hybridized carbons (Fsp3) is 0.917. The third-order valence-electron chi connectivity index (χ3n) is 4.23. The first kappa shape index (κ1) is 13.0. The molecule has 1 saturated carbocycles. The molecule has 3 heteroatoms. The van der Waals surface area contributed by atoms with Crippen molar-refractivity contribution in [1.82, 2.24) is 0 Å². The SMILES string of the molecule is CCCCOC(=O)C1(Br)C(C)(C)C1(C)C. The van der Waals surface area contributed by atoms with Gasteiger partial charge in [0.2, 0.25) is 0 Å². The number of unbranched alkanes of at least 4 members (excludes halogenated alkanes) is 1. The minimum Gasteiger partial charge on any atom is -0.465 e. The molecule has 0 aromatic carbocycles. The van der Waals surface area contributed by atoms with Crippen molar-refractivity contribution in [1.29, 1.82) is 0 Å². The van der Waals surface area contributed by atoms with Gasteiger partial charge in [0, 0.05) is 0 Å². The van der Waals surface area contributed by atoms with Gasteiger partial charge in [-0.2, -0.15) is 0 Å². The fourth-order valence-electron chi connectivity index (χ4n) is 2.16. The Kier molecular flexibility index (Phi) is 3.26. The van der Waals surface area contributed by atoms with Crippen LogP contribution in [-0.4, -0.2) is 16.9 Å². The number of carbonyl (C=O) groups excluding carboxylic acids is 1. The van der Waals surface area contributed by atoms with Crippen LogP contribution in [0.15, 0.2) is 0 Å². The lowest BCUT2D eigenvalue weighted by Crippen LogP contribution is -2.26. The number of hydrogen-bond acceptors (Lipinski definition) is 2. The first-order chi connectivity index (χ1) is 6.73. The highest BCUT2D eigenvalue weighted by atomic mass is 79.9. The highest BCUT2D eigenvalue weighted by molar-refractivity contribution is 9.10. The predicted molar refractivity (Wildman–Crippen MR) is 65.1 cm³/mol. The fourth-order valence-corrected chi connectivity index (χ4v) is 3.17. The quantitative estimate of drug-likeness (QED) is 0.446. The molecule has 0 aliphatic heterocycles. The van der Waals surface area contributed by atoms with E-state index in [4.69, 9.17) is 4.74 Å². The first-order valence-electron chi connectivity index (χ1n) is 5.59. The van der Waals surface area contributed by atoms with Crippen LogP contribution in [0.4, 0.5) is 0 Å². The molecule has 0 aromatic rings. The number of esters is 1. The Balaban J connectivity index is 2.62. The summed E-state index contributed by atoms with van der Waals surface area (Å²) in [5.74, 6) is -0.106. The molecular formula is C12H21BrO2. The number of hydrogen-bond donors (Lipinski definition) is 0. The number of carbonyl (C=O) groups is 1. The molecule has 1 aliphatic rings. The lowest BCUT2D eigenvalue weighted by atomic mass is 10.0. The van der Waals surface area contributed by atoms with Crippen molar-refractivity contribution in [2.45, 2.75) is 51.8 Å². The zero-order valence-electron chi connectivity index (χ0n) is 10.3. The number of alkyl halides is 1. The van der Waals surface area contributed by atoms with Gasteiger partial charge in [-0.05, 0) is 17.3 Å². The normalized spacial score (nSPS) is 24.7. The van der Waals surface area contributed by atoms with Gasteiger partial charge in [0.05, 0.1) is 6.61 Å². The maximum Gasteiger partial charge on any atom is 0.324 e. The van der Waals surface area contributed by atoms with Crippen molar-refractivity contribution in [3.63, 3.8) is 0 Å². The molecular weight excluding hydrogens is 256 g/mol. The van der Waals surface area contributed by atoms with Gasteiger partial charge in [-0.3, -0.25) is 4.79 Å². The highest BCUT2D eigenvalue weighted by Gasteiger charge is 2.81. The van der Waals surface area contributed by atoms with Crippen LogP contribution in [0.1, 0.15) is 47.5 Å². The average molecular weight is 277 g/mol. The average Bonchev–Trinajstić information content (AvgIpc) is 2.45. The maximum atomic E-state index is 12.0. The molecule has 0 heterocycles. The van der Waals surface area contributed by atoms with Gasteiger partial charge in [0.25, 0.3) is 0 Å². The van der Waals surface area contributed by atoms with Gasteiger partial charge in [-0.1, -0.05) is 57.0 Å². The zero-order chi connectivity index (χ0) is 11.9. The maximum absolute atomic E-state index is 12.0. The minimum atomic E-state index is -0.499. The summed E-state index contributed by atoms with van der Waals surface area (Å²) < 4.78 is 4.80. The molecule has 0 saturated heterocycles. The van der Waals surface area contributed by atoms with E-state index in [9.17, 15) is 4.79 Å². The molecule has 0 N–H and O–H groups in total. The van der Waals surface area contributed by atoms with E-state index in [1.54, 1.807) is 0 Å². The Labute approximate surface area is 101 Å². The summed E-state index contributed by atoms with van der Waals surface area (Å²) in [5, 5.41) is 0. The van der Waals surface area contributed by atoms with E-state index in [0.717, 1.165) is 12.8 Å². The van der Waals surface area contributed by atoms with Crippen LogP contribution in [0, 0.1) is 10.8 Å². The van der Waals surface area contributed by atoms with Crippen LogP contribution in [0.2, 0.25) is 0 Å². The molecule has 0 amide bonds. The molecule has 0 spiro atoms. The predicted octanol–water partition coefficient (Wildman–Crippen LogP) is 3.53. The van der Waals surface area contributed by atoms with Crippen molar-refractivity contribution in [2.75, 3.05) is 6.61 Å². The van der Waals surface area contributed by atoms with E-state index in [2.05, 4.69) is 50.5 Å². The number of ether oxygens (including phenoxy) is 1. The van der Waals surface area contributed by atoms with Gasteiger partial charge in [-0.15, -0.1) is 0 Å². The van der Waals surface area contributed by atoms with Gasteiger partial charge in [-0.25, -0.2) is 0 Å². The molecule has 2 nitrogen and oxygen atoms in total. The molecule has 1 rings (SSSR count). The third-order valence-corrected chi connectivity index (χ3v) is 6.54. The second-order valence-electron chi connectivity index (χ2n) is 5.40. The minimum absolute atomic E-state index is 0.0384. The summed E-state index contributed by atoms with van der Waals surface area (Å²) in [7, 11) is 0. The van der Waals surface area contributed by atoms with Crippen LogP contribution in [0.25, 0.3) is 0 Å².